The van der Waals surface area contributed by atoms with Gasteiger partial charge in [0, 0.05) is 6.54 Å². The van der Waals surface area contributed by atoms with Crippen LogP contribution in [-0.2, 0) is 4.79 Å². The molecule has 1 amide bonds. The number of aliphatic hydroxyl groups is 1. The number of carbonyl (C=O) groups excluding carboxylic acids is 1. The Hall–Kier alpha value is -0.610. The molecule has 0 unspecified atom stereocenters. The van der Waals surface area contributed by atoms with Crippen molar-refractivity contribution in [2.24, 2.45) is 0 Å². The maximum absolute atomic E-state index is 11.5. The van der Waals surface area contributed by atoms with E-state index >= 15 is 0 Å². The number of nitrogens with one attached hydrogen (secondary N) is 2. The number of hydrogen-bond donors (Lipinski definition) is 3. The average molecular weight is 200 g/mol. The molecule has 0 aromatic rings. The van der Waals surface area contributed by atoms with Crippen molar-refractivity contribution >= 4 is 5.91 Å². The number of piperidine rings is 1. The van der Waals surface area contributed by atoms with E-state index < -0.39 is 0 Å². The van der Waals surface area contributed by atoms with E-state index in [1.54, 1.807) is 6.92 Å². The normalized spacial score (nSPS) is 24.3. The average Bonchev–Trinajstić information content (AvgIpc) is 2.18. The summed E-state index contributed by atoms with van der Waals surface area (Å²) in [6.07, 6.45) is 3.51. The Morgan fingerprint density at radius 2 is 2.43 bits per heavy atom. The second-order valence-electron chi connectivity index (χ2n) is 3.93. The van der Waals surface area contributed by atoms with Crippen molar-refractivity contribution < 1.29 is 9.90 Å². The summed E-state index contributed by atoms with van der Waals surface area (Å²) < 4.78 is 0. The zero-order valence-electron chi connectivity index (χ0n) is 8.75. The van der Waals surface area contributed by atoms with Gasteiger partial charge in [-0.2, -0.15) is 0 Å². The Kier molecular flexibility index (Phi) is 4.90. The Morgan fingerprint density at radius 3 is 3.00 bits per heavy atom. The monoisotopic (exact) mass is 200 g/mol. The third-order valence-corrected chi connectivity index (χ3v) is 2.49. The maximum atomic E-state index is 11.5. The summed E-state index contributed by atoms with van der Waals surface area (Å²) in [7, 11) is 0. The first-order valence-corrected chi connectivity index (χ1v) is 5.39. The molecule has 0 radical (unpaired) electrons. The first-order valence-electron chi connectivity index (χ1n) is 5.39. The predicted molar refractivity (Wildman–Crippen MR) is 54.9 cm³/mol. The van der Waals surface area contributed by atoms with Crippen molar-refractivity contribution in [2.45, 2.75) is 44.8 Å². The molecule has 1 aliphatic heterocycles. The minimum Gasteiger partial charge on any atom is -0.393 e. The van der Waals surface area contributed by atoms with Gasteiger partial charge >= 0.3 is 0 Å². The number of amides is 1. The second-order valence-corrected chi connectivity index (χ2v) is 3.93. The summed E-state index contributed by atoms with van der Waals surface area (Å²) in [5.41, 5.74) is 0. The Morgan fingerprint density at radius 1 is 1.64 bits per heavy atom. The fraction of sp³-hybridized carbons (Fsp3) is 0.900. The van der Waals surface area contributed by atoms with E-state index in [2.05, 4.69) is 10.6 Å². The molecule has 0 aliphatic carbocycles. The van der Waals surface area contributed by atoms with E-state index in [0.29, 0.717) is 13.0 Å². The summed E-state index contributed by atoms with van der Waals surface area (Å²) in [5, 5.41) is 15.0. The third-order valence-electron chi connectivity index (χ3n) is 2.49. The summed E-state index contributed by atoms with van der Waals surface area (Å²) >= 11 is 0. The molecule has 82 valence electrons. The molecule has 1 fully saturated rings. The van der Waals surface area contributed by atoms with Crippen molar-refractivity contribution in [1.82, 2.24) is 10.6 Å². The lowest BCUT2D eigenvalue weighted by molar-refractivity contribution is -0.123. The van der Waals surface area contributed by atoms with Gasteiger partial charge in [-0.05, 0) is 32.7 Å². The summed E-state index contributed by atoms with van der Waals surface area (Å²) in [6, 6.07) is -0.0160. The summed E-state index contributed by atoms with van der Waals surface area (Å²) in [4.78, 5) is 11.5. The summed E-state index contributed by atoms with van der Waals surface area (Å²) in [6.45, 7) is 3.23. The highest BCUT2D eigenvalue weighted by molar-refractivity contribution is 5.81. The molecule has 0 spiro atoms. The molecule has 0 saturated carbocycles. The molecule has 1 heterocycles. The third kappa shape index (κ3) is 4.07. The molecule has 1 saturated heterocycles. The van der Waals surface area contributed by atoms with E-state index in [1.165, 1.54) is 0 Å². The van der Waals surface area contributed by atoms with Crippen LogP contribution in [0, 0.1) is 0 Å². The fourth-order valence-electron chi connectivity index (χ4n) is 1.60. The molecular weight excluding hydrogens is 180 g/mol. The molecule has 4 nitrogen and oxygen atoms in total. The van der Waals surface area contributed by atoms with Gasteiger partial charge in [0.05, 0.1) is 12.1 Å². The van der Waals surface area contributed by atoms with Crippen LogP contribution < -0.4 is 10.6 Å². The molecule has 4 heteroatoms. The van der Waals surface area contributed by atoms with Crippen LogP contribution in [0.15, 0.2) is 0 Å². The highest BCUT2D eigenvalue weighted by Gasteiger charge is 2.19. The van der Waals surface area contributed by atoms with Crippen molar-refractivity contribution in [3.63, 3.8) is 0 Å². The first-order chi connectivity index (χ1) is 6.70. The van der Waals surface area contributed by atoms with Gasteiger partial charge in [-0.15, -0.1) is 0 Å². The van der Waals surface area contributed by atoms with Crippen molar-refractivity contribution in [1.29, 1.82) is 0 Å². The van der Waals surface area contributed by atoms with Gasteiger partial charge in [0.15, 0.2) is 0 Å². The molecular formula is C10H20N2O2. The number of aliphatic hydroxyl groups excluding tert-OH is 1. The lowest BCUT2D eigenvalue weighted by Gasteiger charge is -2.22. The smallest absolute Gasteiger partial charge is 0.237 e. The van der Waals surface area contributed by atoms with Crippen LogP contribution in [0.3, 0.4) is 0 Å². The zero-order valence-corrected chi connectivity index (χ0v) is 8.75. The highest BCUT2D eigenvalue weighted by Crippen LogP contribution is 2.06. The second kappa shape index (κ2) is 5.98. The number of rotatable bonds is 4. The van der Waals surface area contributed by atoms with E-state index in [-0.39, 0.29) is 18.1 Å². The standard InChI is InChI=1S/C10H20N2O2/c1-8(13)5-7-12-10(14)9-4-2-3-6-11-9/h8-9,11,13H,2-7H2,1H3,(H,12,14)/t8-,9-/m1/s1. The first kappa shape index (κ1) is 11.5. The topological polar surface area (TPSA) is 61.4 Å². The summed E-state index contributed by atoms with van der Waals surface area (Å²) in [5.74, 6) is 0.0744. The predicted octanol–water partition coefficient (Wildman–Crippen LogP) is 0.0156. The number of carbonyl (C=O) groups is 1. The van der Waals surface area contributed by atoms with E-state index in [0.717, 1.165) is 25.8 Å². The van der Waals surface area contributed by atoms with Gasteiger partial charge in [0.2, 0.25) is 5.91 Å². The Bertz CT molecular complexity index is 177. The molecule has 14 heavy (non-hydrogen) atoms. The quantitative estimate of drug-likeness (QED) is 0.599. The van der Waals surface area contributed by atoms with Crippen molar-refractivity contribution in [3.05, 3.63) is 0 Å². The fourth-order valence-corrected chi connectivity index (χ4v) is 1.60. The Labute approximate surface area is 85.1 Å². The van der Waals surface area contributed by atoms with Crippen molar-refractivity contribution in [3.8, 4) is 0 Å². The van der Waals surface area contributed by atoms with Crippen molar-refractivity contribution in [2.75, 3.05) is 13.1 Å². The van der Waals surface area contributed by atoms with Crippen LogP contribution in [-0.4, -0.2) is 36.2 Å². The largest absolute Gasteiger partial charge is 0.393 e. The van der Waals surface area contributed by atoms with Crippen LogP contribution in [0.4, 0.5) is 0 Å². The zero-order chi connectivity index (χ0) is 10.4. The van der Waals surface area contributed by atoms with Gasteiger partial charge in [-0.25, -0.2) is 0 Å². The molecule has 1 aliphatic rings. The highest BCUT2D eigenvalue weighted by atomic mass is 16.3. The number of hydrogen-bond acceptors (Lipinski definition) is 3. The van der Waals surface area contributed by atoms with Gasteiger partial charge in [-0.1, -0.05) is 6.42 Å². The van der Waals surface area contributed by atoms with Gasteiger partial charge in [-0.3, -0.25) is 4.79 Å². The van der Waals surface area contributed by atoms with Gasteiger partial charge < -0.3 is 15.7 Å². The minimum absolute atomic E-state index is 0.0160. The lowest BCUT2D eigenvalue weighted by Crippen LogP contribution is -2.47. The van der Waals surface area contributed by atoms with Crippen LogP contribution in [0.5, 0.6) is 0 Å². The molecule has 0 bridgehead atoms. The van der Waals surface area contributed by atoms with E-state index in [1.807, 2.05) is 0 Å². The lowest BCUT2D eigenvalue weighted by atomic mass is 10.0. The molecule has 1 rings (SSSR count). The molecule has 0 aromatic carbocycles. The maximum Gasteiger partial charge on any atom is 0.237 e. The molecule has 0 aromatic heterocycles. The van der Waals surface area contributed by atoms with E-state index in [9.17, 15) is 4.79 Å². The minimum atomic E-state index is -0.338. The molecule has 3 N–H and O–H groups in total. The van der Waals surface area contributed by atoms with Crippen LogP contribution >= 0.6 is 0 Å². The van der Waals surface area contributed by atoms with Crippen LogP contribution in [0.2, 0.25) is 0 Å². The molecule has 2 atom stereocenters. The van der Waals surface area contributed by atoms with Gasteiger partial charge in [0.1, 0.15) is 0 Å². The SMILES string of the molecule is C[C@@H](O)CCNC(=O)[C@H]1CCCCN1. The van der Waals surface area contributed by atoms with Crippen LogP contribution in [0.1, 0.15) is 32.6 Å². The Balaban J connectivity index is 2.13. The van der Waals surface area contributed by atoms with E-state index in [4.69, 9.17) is 5.11 Å². The van der Waals surface area contributed by atoms with Gasteiger partial charge in [0.25, 0.3) is 0 Å². The van der Waals surface area contributed by atoms with Crippen LogP contribution in [0.25, 0.3) is 0 Å².